The minimum Gasteiger partial charge on any atom is -0.508 e. The van der Waals surface area contributed by atoms with E-state index in [1.54, 1.807) is 17.0 Å². The molecule has 26 heavy (non-hydrogen) atoms. The van der Waals surface area contributed by atoms with Crippen LogP contribution in [0.5, 0.6) is 5.75 Å². The summed E-state index contributed by atoms with van der Waals surface area (Å²) >= 11 is 1.42. The third-order valence-electron chi connectivity index (χ3n) is 4.30. The molecule has 3 rings (SSSR count). The van der Waals surface area contributed by atoms with Crippen LogP contribution in [0.15, 0.2) is 24.3 Å². The Kier molecular flexibility index (Phi) is 5.82. The van der Waals surface area contributed by atoms with Crippen molar-refractivity contribution in [2.45, 2.75) is 32.6 Å². The molecular weight excluding hydrogens is 352 g/mol. The van der Waals surface area contributed by atoms with E-state index in [4.69, 9.17) is 0 Å². The molecule has 2 amide bonds. The third-order valence-corrected chi connectivity index (χ3v) is 5.30. The Morgan fingerprint density at radius 1 is 1.31 bits per heavy atom. The number of benzene rings is 1. The van der Waals surface area contributed by atoms with E-state index in [2.05, 4.69) is 22.4 Å². The quantitative estimate of drug-likeness (QED) is 0.772. The van der Waals surface area contributed by atoms with E-state index in [0.29, 0.717) is 24.6 Å². The second-order valence-corrected chi connectivity index (χ2v) is 7.38. The molecule has 0 aliphatic carbocycles. The van der Waals surface area contributed by atoms with Gasteiger partial charge in [0, 0.05) is 25.9 Å². The number of nitrogens with one attached hydrogen (secondary N) is 1. The summed E-state index contributed by atoms with van der Waals surface area (Å²) in [6, 6.07) is 6.90. The molecule has 1 aromatic carbocycles. The summed E-state index contributed by atoms with van der Waals surface area (Å²) in [5.41, 5.74) is 1.03. The van der Waals surface area contributed by atoms with Crippen LogP contribution in [0.1, 0.15) is 30.3 Å². The van der Waals surface area contributed by atoms with Gasteiger partial charge < -0.3 is 10.4 Å². The number of aromatic nitrogens is 2. The van der Waals surface area contributed by atoms with Gasteiger partial charge >= 0.3 is 0 Å². The summed E-state index contributed by atoms with van der Waals surface area (Å²) < 4.78 is 0. The number of anilines is 1. The van der Waals surface area contributed by atoms with E-state index in [9.17, 15) is 14.7 Å². The van der Waals surface area contributed by atoms with Crippen molar-refractivity contribution in [3.05, 3.63) is 34.8 Å². The molecule has 1 atom stereocenters. The molecule has 1 saturated heterocycles. The van der Waals surface area contributed by atoms with Gasteiger partial charge in [-0.25, -0.2) is 0 Å². The molecular formula is C18H22N4O3S. The van der Waals surface area contributed by atoms with Gasteiger partial charge in [0.25, 0.3) is 0 Å². The van der Waals surface area contributed by atoms with Gasteiger partial charge in [-0.15, -0.1) is 10.2 Å². The van der Waals surface area contributed by atoms with Crippen LogP contribution < -0.4 is 10.2 Å². The molecule has 0 saturated carbocycles. The molecule has 2 N–H and O–H groups in total. The highest BCUT2D eigenvalue weighted by Gasteiger charge is 2.36. The van der Waals surface area contributed by atoms with Gasteiger partial charge in [0.2, 0.25) is 16.9 Å². The molecule has 0 radical (unpaired) electrons. The fourth-order valence-corrected chi connectivity index (χ4v) is 3.84. The maximum atomic E-state index is 12.4. The molecule has 1 aromatic heterocycles. The highest BCUT2D eigenvalue weighted by Crippen LogP contribution is 2.28. The number of carbonyl (C=O) groups excluding carboxylic acids is 2. The predicted molar refractivity (Wildman–Crippen MR) is 99.2 cm³/mol. The van der Waals surface area contributed by atoms with Crippen LogP contribution in [0, 0.1) is 5.92 Å². The molecule has 1 aliphatic rings. The molecule has 0 spiro atoms. The molecule has 2 aromatic rings. The number of aryl methyl sites for hydroxylation is 1. The average Bonchev–Trinajstić information content (AvgIpc) is 3.23. The average molecular weight is 374 g/mol. The summed E-state index contributed by atoms with van der Waals surface area (Å²) in [6.07, 6.45) is 2.70. The van der Waals surface area contributed by atoms with E-state index < -0.39 is 0 Å². The number of nitrogens with zero attached hydrogens (tertiary/aromatic N) is 3. The van der Waals surface area contributed by atoms with Gasteiger partial charge in [-0.3, -0.25) is 14.5 Å². The van der Waals surface area contributed by atoms with E-state index in [0.717, 1.165) is 23.4 Å². The van der Waals surface area contributed by atoms with Gasteiger partial charge in [-0.2, -0.15) is 0 Å². The molecule has 8 heteroatoms. The smallest absolute Gasteiger partial charge is 0.229 e. The summed E-state index contributed by atoms with van der Waals surface area (Å²) in [5, 5.41) is 21.9. The second-order valence-electron chi connectivity index (χ2n) is 6.34. The molecule has 138 valence electrons. The number of aromatic hydroxyl groups is 1. The second kappa shape index (κ2) is 8.27. The molecule has 7 nitrogen and oxygen atoms in total. The number of carbonyl (C=O) groups is 2. The Morgan fingerprint density at radius 3 is 2.81 bits per heavy atom. The van der Waals surface area contributed by atoms with Crippen molar-refractivity contribution in [3.8, 4) is 5.75 Å². The largest absolute Gasteiger partial charge is 0.508 e. The van der Waals surface area contributed by atoms with Crippen LogP contribution in [0.25, 0.3) is 0 Å². The predicted octanol–water partition coefficient (Wildman–Crippen LogP) is 1.91. The zero-order chi connectivity index (χ0) is 18.5. The van der Waals surface area contributed by atoms with Crippen molar-refractivity contribution in [1.29, 1.82) is 0 Å². The summed E-state index contributed by atoms with van der Waals surface area (Å²) in [5.74, 6) is -0.331. The van der Waals surface area contributed by atoms with E-state index in [1.165, 1.54) is 11.3 Å². The van der Waals surface area contributed by atoms with Gasteiger partial charge in [0.15, 0.2) is 0 Å². The van der Waals surface area contributed by atoms with Crippen LogP contribution in [-0.2, 0) is 22.4 Å². The Bertz CT molecular complexity index is 775. The fraction of sp³-hybridized carbons (Fsp3) is 0.444. The van der Waals surface area contributed by atoms with Gasteiger partial charge in [0.1, 0.15) is 10.8 Å². The number of amides is 2. The lowest BCUT2D eigenvalue weighted by Crippen LogP contribution is -2.34. The number of hydrogen-bond acceptors (Lipinski definition) is 6. The molecule has 1 aliphatic heterocycles. The first-order chi connectivity index (χ1) is 12.6. The molecule has 1 unspecified atom stereocenters. The molecule has 1 fully saturated rings. The summed E-state index contributed by atoms with van der Waals surface area (Å²) in [6.45, 7) is 2.92. The topological polar surface area (TPSA) is 95.4 Å². The van der Waals surface area contributed by atoms with Gasteiger partial charge in [-0.05, 0) is 30.5 Å². The van der Waals surface area contributed by atoms with Crippen LogP contribution in [0.4, 0.5) is 5.13 Å². The highest BCUT2D eigenvalue weighted by molar-refractivity contribution is 7.15. The van der Waals surface area contributed by atoms with Crippen LogP contribution in [-0.4, -0.2) is 40.2 Å². The zero-order valence-electron chi connectivity index (χ0n) is 14.6. The first-order valence-corrected chi connectivity index (χ1v) is 9.57. The van der Waals surface area contributed by atoms with Crippen LogP contribution >= 0.6 is 11.3 Å². The SMILES string of the molecule is CCCc1nnc(N2CC(C(=O)NCCc3ccc(O)cc3)CC2=O)s1. The Morgan fingerprint density at radius 2 is 2.08 bits per heavy atom. The standard InChI is InChI=1S/C18H22N4O3S/c1-2-3-15-20-21-18(26-15)22-11-13(10-16(22)24)17(25)19-9-8-12-4-6-14(23)7-5-12/h4-7,13,23H,2-3,8-11H2,1H3,(H,19,25). The molecule has 0 bridgehead atoms. The van der Waals surface area contributed by atoms with E-state index in [-0.39, 0.29) is 29.9 Å². The minimum atomic E-state index is -0.360. The van der Waals surface area contributed by atoms with Crippen molar-refractivity contribution in [1.82, 2.24) is 15.5 Å². The normalized spacial score (nSPS) is 16.9. The number of hydrogen-bond donors (Lipinski definition) is 2. The maximum Gasteiger partial charge on any atom is 0.229 e. The summed E-state index contributed by atoms with van der Waals surface area (Å²) in [4.78, 5) is 26.2. The van der Waals surface area contributed by atoms with E-state index in [1.807, 2.05) is 12.1 Å². The number of rotatable bonds is 7. The van der Waals surface area contributed by atoms with Crippen molar-refractivity contribution in [2.24, 2.45) is 5.92 Å². The lowest BCUT2D eigenvalue weighted by molar-refractivity contribution is -0.126. The maximum absolute atomic E-state index is 12.4. The van der Waals surface area contributed by atoms with Crippen LogP contribution in [0.3, 0.4) is 0 Å². The van der Waals surface area contributed by atoms with Crippen molar-refractivity contribution < 1.29 is 14.7 Å². The van der Waals surface area contributed by atoms with Crippen molar-refractivity contribution in [3.63, 3.8) is 0 Å². The Balaban J connectivity index is 1.50. The monoisotopic (exact) mass is 374 g/mol. The lowest BCUT2D eigenvalue weighted by Gasteiger charge is -2.12. The van der Waals surface area contributed by atoms with Gasteiger partial charge in [-0.1, -0.05) is 30.4 Å². The minimum absolute atomic E-state index is 0.0807. The Hall–Kier alpha value is -2.48. The van der Waals surface area contributed by atoms with Gasteiger partial charge in [0.05, 0.1) is 5.92 Å². The van der Waals surface area contributed by atoms with Crippen LogP contribution in [0.2, 0.25) is 0 Å². The zero-order valence-corrected chi connectivity index (χ0v) is 15.5. The van der Waals surface area contributed by atoms with Crippen molar-refractivity contribution in [2.75, 3.05) is 18.0 Å². The third kappa shape index (κ3) is 4.37. The number of phenolic OH excluding ortho intramolecular Hbond substituents is 1. The van der Waals surface area contributed by atoms with Crippen molar-refractivity contribution >= 4 is 28.3 Å². The first-order valence-electron chi connectivity index (χ1n) is 8.75. The fourth-order valence-electron chi connectivity index (χ4n) is 2.87. The Labute approximate surface area is 156 Å². The summed E-state index contributed by atoms with van der Waals surface area (Å²) in [7, 11) is 0. The lowest BCUT2D eigenvalue weighted by atomic mass is 10.1. The molecule has 2 heterocycles. The van der Waals surface area contributed by atoms with E-state index >= 15 is 0 Å². The first kappa shape index (κ1) is 18.3. The number of phenols is 1. The highest BCUT2D eigenvalue weighted by atomic mass is 32.1.